The summed E-state index contributed by atoms with van der Waals surface area (Å²) in [6.45, 7) is 6.99. The molecule has 0 saturated carbocycles. The molecule has 0 spiro atoms. The zero-order valence-electron chi connectivity index (χ0n) is 25.1. The van der Waals surface area contributed by atoms with E-state index in [0.29, 0.717) is 30.7 Å². The van der Waals surface area contributed by atoms with Crippen LogP contribution < -0.4 is 14.4 Å². The normalized spacial score (nSPS) is 11.8. The number of carbonyl (C=O) groups is 2. The van der Waals surface area contributed by atoms with Gasteiger partial charge in [0, 0.05) is 24.7 Å². The average Bonchev–Trinajstić information content (AvgIpc) is 2.98. The van der Waals surface area contributed by atoms with Crippen molar-refractivity contribution in [1.29, 1.82) is 0 Å². The second-order valence-corrected chi connectivity index (χ2v) is 12.0. The Bertz CT molecular complexity index is 1560. The van der Waals surface area contributed by atoms with Crippen LogP contribution in [0.1, 0.15) is 43.4 Å². The number of anilines is 1. The number of rotatable bonds is 14. The Kier molecular flexibility index (Phi) is 11.2. The molecule has 0 radical (unpaired) electrons. The third-order valence-electron chi connectivity index (χ3n) is 6.98. The van der Waals surface area contributed by atoms with Crippen LogP contribution >= 0.6 is 0 Å². The number of nitro benzene ring substituents is 1. The number of sulfonamides is 1. The first-order valence-corrected chi connectivity index (χ1v) is 15.4. The van der Waals surface area contributed by atoms with Gasteiger partial charge in [-0.15, -0.1) is 0 Å². The average molecular weight is 611 g/mol. The first kappa shape index (κ1) is 33.1. The fourth-order valence-electron chi connectivity index (χ4n) is 4.64. The molecule has 1 N–H and O–H groups in total. The molecule has 0 aliphatic rings. The minimum Gasteiger partial charge on any atom is -0.497 e. The fourth-order valence-corrected chi connectivity index (χ4v) is 6.08. The van der Waals surface area contributed by atoms with Crippen LogP contribution in [0.25, 0.3) is 0 Å². The van der Waals surface area contributed by atoms with E-state index in [1.54, 1.807) is 19.1 Å². The largest absolute Gasteiger partial charge is 0.497 e. The summed E-state index contributed by atoms with van der Waals surface area (Å²) in [5, 5.41) is 14.5. The summed E-state index contributed by atoms with van der Waals surface area (Å²) in [6.07, 6.45) is 1.01. The highest BCUT2D eigenvalue weighted by Gasteiger charge is 2.34. The summed E-state index contributed by atoms with van der Waals surface area (Å²) in [5.41, 5.74) is 1.84. The van der Waals surface area contributed by atoms with Crippen molar-refractivity contribution in [2.24, 2.45) is 0 Å². The Balaban J connectivity index is 2.11. The first-order chi connectivity index (χ1) is 20.4. The Hall–Kier alpha value is -4.45. The van der Waals surface area contributed by atoms with E-state index in [0.717, 1.165) is 21.5 Å². The molecule has 3 aromatic carbocycles. The number of hydrogen-bond acceptors (Lipinski definition) is 7. The van der Waals surface area contributed by atoms with Gasteiger partial charge in [0.1, 0.15) is 18.3 Å². The van der Waals surface area contributed by atoms with Gasteiger partial charge in [0.05, 0.1) is 22.6 Å². The van der Waals surface area contributed by atoms with E-state index in [2.05, 4.69) is 5.32 Å². The Morgan fingerprint density at radius 3 is 2.30 bits per heavy atom. The van der Waals surface area contributed by atoms with Crippen molar-refractivity contribution in [1.82, 2.24) is 10.2 Å². The number of carbonyl (C=O) groups excluding carboxylic acids is 2. The lowest BCUT2D eigenvalue weighted by Crippen LogP contribution is -2.52. The first-order valence-electron chi connectivity index (χ1n) is 14.0. The number of nitrogens with zero attached hydrogens (tertiary/aromatic N) is 3. The molecule has 0 fully saturated rings. The topological polar surface area (TPSA) is 139 Å². The Morgan fingerprint density at radius 2 is 1.72 bits per heavy atom. The zero-order chi connectivity index (χ0) is 31.7. The standard InChI is InChI=1S/C31H38N4O7S/c1-6-17-32-31(37)28(7-2)33(20-24-10-8-9-22(3)18-24)30(36)21-34(25-12-14-26(42-5)15-13-25)43(40,41)27-16-11-23(4)29(19-27)35(38)39/h8-16,18-19,28H,6-7,17,20-21H2,1-5H3,(H,32,37)/t28-/m1/s1. The van der Waals surface area contributed by atoms with Crippen molar-refractivity contribution in [3.05, 3.63) is 93.5 Å². The van der Waals surface area contributed by atoms with E-state index in [9.17, 15) is 28.1 Å². The van der Waals surface area contributed by atoms with E-state index in [4.69, 9.17) is 4.74 Å². The molecule has 3 rings (SSSR count). The lowest BCUT2D eigenvalue weighted by molar-refractivity contribution is -0.385. The summed E-state index contributed by atoms with van der Waals surface area (Å²) < 4.78 is 34.3. The number of ether oxygens (including phenoxy) is 1. The highest BCUT2D eigenvalue weighted by molar-refractivity contribution is 7.92. The predicted molar refractivity (Wildman–Crippen MR) is 164 cm³/mol. The van der Waals surface area contributed by atoms with Gasteiger partial charge in [-0.25, -0.2) is 8.42 Å². The van der Waals surface area contributed by atoms with Crippen molar-refractivity contribution in [2.45, 2.75) is 58.0 Å². The second-order valence-electron chi connectivity index (χ2n) is 10.1. The second kappa shape index (κ2) is 14.6. The summed E-state index contributed by atoms with van der Waals surface area (Å²) in [4.78, 5) is 39.3. The molecule has 0 aliphatic heterocycles. The third-order valence-corrected chi connectivity index (χ3v) is 8.74. The Labute approximate surface area is 252 Å². The molecular formula is C31H38N4O7S. The maximum Gasteiger partial charge on any atom is 0.273 e. The SMILES string of the molecule is CCCNC(=O)[C@@H](CC)N(Cc1cccc(C)c1)C(=O)CN(c1ccc(OC)cc1)S(=O)(=O)c1ccc(C)c([N+](=O)[O-])c1. The molecule has 43 heavy (non-hydrogen) atoms. The number of amides is 2. The number of aryl methyl sites for hydroxylation is 2. The number of benzene rings is 3. The molecule has 230 valence electrons. The molecule has 0 unspecified atom stereocenters. The van der Waals surface area contributed by atoms with E-state index in [-0.39, 0.29) is 28.7 Å². The van der Waals surface area contributed by atoms with Gasteiger partial charge in [-0.1, -0.05) is 49.7 Å². The van der Waals surface area contributed by atoms with Crippen LogP contribution in [0.3, 0.4) is 0 Å². The molecule has 0 aliphatic carbocycles. The Morgan fingerprint density at radius 1 is 1.02 bits per heavy atom. The van der Waals surface area contributed by atoms with Crippen molar-refractivity contribution < 1.29 is 27.7 Å². The summed E-state index contributed by atoms with van der Waals surface area (Å²) in [5.74, 6) is -0.475. The molecule has 3 aromatic rings. The highest BCUT2D eigenvalue weighted by Crippen LogP contribution is 2.29. The van der Waals surface area contributed by atoms with Gasteiger partial charge in [0.25, 0.3) is 15.7 Å². The molecular weight excluding hydrogens is 572 g/mol. The zero-order valence-corrected chi connectivity index (χ0v) is 25.9. The van der Waals surface area contributed by atoms with E-state index in [1.807, 2.05) is 38.1 Å². The number of nitrogens with one attached hydrogen (secondary N) is 1. The van der Waals surface area contributed by atoms with Gasteiger partial charge >= 0.3 is 0 Å². The van der Waals surface area contributed by atoms with Crippen LogP contribution in [0.5, 0.6) is 5.75 Å². The van der Waals surface area contributed by atoms with Crippen molar-refractivity contribution >= 4 is 33.2 Å². The lowest BCUT2D eigenvalue weighted by Gasteiger charge is -2.33. The van der Waals surface area contributed by atoms with Crippen LogP contribution in [0, 0.1) is 24.0 Å². The van der Waals surface area contributed by atoms with Crippen LogP contribution in [-0.2, 0) is 26.2 Å². The van der Waals surface area contributed by atoms with Gasteiger partial charge in [0.2, 0.25) is 11.8 Å². The monoisotopic (exact) mass is 610 g/mol. The quantitative estimate of drug-likeness (QED) is 0.205. The smallest absolute Gasteiger partial charge is 0.273 e. The molecule has 0 heterocycles. The minimum atomic E-state index is -4.48. The molecule has 11 nitrogen and oxygen atoms in total. The maximum absolute atomic E-state index is 14.1. The van der Waals surface area contributed by atoms with Crippen LogP contribution in [0.15, 0.2) is 71.6 Å². The molecule has 0 bridgehead atoms. The summed E-state index contributed by atoms with van der Waals surface area (Å²) in [7, 11) is -3.01. The van der Waals surface area contributed by atoms with Gasteiger partial charge in [-0.3, -0.25) is 24.0 Å². The number of methoxy groups -OCH3 is 1. The van der Waals surface area contributed by atoms with Gasteiger partial charge in [0.15, 0.2) is 0 Å². The highest BCUT2D eigenvalue weighted by atomic mass is 32.2. The van der Waals surface area contributed by atoms with E-state index >= 15 is 0 Å². The van der Waals surface area contributed by atoms with Crippen LogP contribution in [0.4, 0.5) is 11.4 Å². The molecule has 1 atom stereocenters. The predicted octanol–water partition coefficient (Wildman–Crippen LogP) is 4.75. The van der Waals surface area contributed by atoms with Crippen molar-refractivity contribution in [2.75, 3.05) is 24.5 Å². The molecule has 0 saturated heterocycles. The van der Waals surface area contributed by atoms with Crippen LogP contribution in [-0.4, -0.2) is 56.3 Å². The van der Waals surface area contributed by atoms with E-state index in [1.165, 1.54) is 43.2 Å². The van der Waals surface area contributed by atoms with Gasteiger partial charge in [-0.05, 0) is 62.6 Å². The van der Waals surface area contributed by atoms with Crippen molar-refractivity contribution in [3.63, 3.8) is 0 Å². The number of hydrogen-bond donors (Lipinski definition) is 1. The van der Waals surface area contributed by atoms with Crippen LogP contribution in [0.2, 0.25) is 0 Å². The number of nitro groups is 1. The van der Waals surface area contributed by atoms with Crippen molar-refractivity contribution in [3.8, 4) is 5.75 Å². The van der Waals surface area contributed by atoms with E-state index < -0.39 is 33.4 Å². The summed E-state index contributed by atoms with van der Waals surface area (Å²) in [6, 6.07) is 16.4. The fraction of sp³-hybridized carbons (Fsp3) is 0.355. The molecule has 12 heteroatoms. The molecule has 2 amide bonds. The lowest BCUT2D eigenvalue weighted by atomic mass is 10.1. The van der Waals surface area contributed by atoms with Gasteiger partial charge in [-0.2, -0.15) is 0 Å². The molecule has 0 aromatic heterocycles. The third kappa shape index (κ3) is 8.10. The maximum atomic E-state index is 14.1. The summed E-state index contributed by atoms with van der Waals surface area (Å²) >= 11 is 0. The van der Waals surface area contributed by atoms with Gasteiger partial charge < -0.3 is 15.0 Å². The minimum absolute atomic E-state index is 0.0745.